The number of aliphatic hydroxyl groups excluding tert-OH is 5. The predicted octanol–water partition coefficient (Wildman–Crippen LogP) is 0.0954. The highest BCUT2D eigenvalue weighted by Crippen LogP contribution is 2.42. The van der Waals surface area contributed by atoms with Gasteiger partial charge in [-0.05, 0) is 74.3 Å². The van der Waals surface area contributed by atoms with Gasteiger partial charge in [0.2, 0.25) is 23.6 Å². The largest absolute Gasteiger partial charge is 0.490 e. The Balaban J connectivity index is 0.880. The first-order chi connectivity index (χ1) is 40.0. The molecule has 10 N–H and O–H groups in total. The molecular weight excluding hydrogens is 1100 g/mol. The molecule has 25 heteroatoms. The standard InChI is InChI=1S/C59H70FN7O17/c1-4-59(82)33(3)84-30-39-40(59)24-45-54-35(27-66(45)58(39)81)23-38-37(32(2)41(60)25-43(38)65-54)12-8-9-21-83-31-62-50(74)26-61-57(80)44(22-34-10-6-5-7-11-34)64-49(73)18-17-46(70)42(63-51(75)28-67-52(76)19-20-53(67)77)15-13-36(69)14-16-47(71)55(78)56(79)48(72)29-68/h5-7,10-11,19-20,23-25,42,44,47-48,55-56,68,71-72,78-79,82H,3-4,8-9,12-18,21-22,26-31H2,1-2H3,(H,61,80)(H,62,74)(H,63,75)(H,64,73)/t42-,44-,47-,48+,55+,56+,59+/m0/s1. The van der Waals surface area contributed by atoms with Gasteiger partial charge >= 0.3 is 0 Å². The minimum Gasteiger partial charge on any atom is -0.490 e. The Kier molecular flexibility index (Phi) is 21.7. The molecule has 0 unspecified atom stereocenters. The van der Waals surface area contributed by atoms with Gasteiger partial charge in [0.05, 0.1) is 54.3 Å². The Morgan fingerprint density at radius 2 is 1.55 bits per heavy atom. The number of fused-ring (bicyclic) bond motifs is 5. The van der Waals surface area contributed by atoms with Gasteiger partial charge in [-0.25, -0.2) is 9.37 Å². The number of amides is 6. The van der Waals surface area contributed by atoms with Gasteiger partial charge in [-0.1, -0.05) is 43.8 Å². The molecule has 0 fully saturated rings. The molecule has 3 aliphatic heterocycles. The molecule has 0 radical (unpaired) electrons. The SMILES string of the molecule is C=C1OCc2c(cc3n(c2=O)Cc2cc4c(CCCCOCNC(=O)CNC(=O)[C@H](Cc5ccccc5)NC(=O)CCC(=O)[C@H](CCC(=O)CC[C@H](O)[C@@H](O)[C@H](O)[C@H](O)CO)NC(=O)CN5C(=O)C=CC5=O)c(C)c(F)cc4nc2-3)[C@@]1(O)CC. The first kappa shape index (κ1) is 63.7. The molecule has 0 aliphatic carbocycles. The van der Waals surface area contributed by atoms with Crippen LogP contribution >= 0.6 is 0 Å². The number of ether oxygens (including phenoxy) is 2. The van der Waals surface area contributed by atoms with E-state index in [2.05, 4.69) is 27.8 Å². The number of aromatic nitrogens is 2. The lowest BCUT2D eigenvalue weighted by Gasteiger charge is -2.35. The van der Waals surface area contributed by atoms with Crippen LogP contribution in [0.4, 0.5) is 4.39 Å². The summed E-state index contributed by atoms with van der Waals surface area (Å²) in [5, 5.41) is 71.1. The molecule has 7 rings (SSSR count). The zero-order valence-electron chi connectivity index (χ0n) is 46.6. The molecular formula is C59H70FN7O17. The van der Waals surface area contributed by atoms with Gasteiger partial charge in [-0.15, -0.1) is 0 Å². The Morgan fingerprint density at radius 3 is 2.25 bits per heavy atom. The molecule has 84 heavy (non-hydrogen) atoms. The predicted molar refractivity (Wildman–Crippen MR) is 297 cm³/mol. The maximum atomic E-state index is 15.5. The number of aryl methyl sites for hydroxylation is 1. The molecule has 0 bridgehead atoms. The van der Waals surface area contributed by atoms with Crippen LogP contribution in [0.2, 0.25) is 0 Å². The van der Waals surface area contributed by atoms with E-state index in [0.29, 0.717) is 63.3 Å². The second kappa shape index (κ2) is 28.6. The number of imide groups is 1. The van der Waals surface area contributed by atoms with Crippen LogP contribution in [-0.4, -0.2) is 162 Å². The van der Waals surface area contributed by atoms with Crippen molar-refractivity contribution in [2.24, 2.45) is 0 Å². The van der Waals surface area contributed by atoms with Crippen molar-refractivity contribution in [1.82, 2.24) is 35.7 Å². The maximum absolute atomic E-state index is 15.5. The average Bonchev–Trinajstić information content (AvgIpc) is 1.83. The Bertz CT molecular complexity index is 3260. The first-order valence-electron chi connectivity index (χ1n) is 27.6. The van der Waals surface area contributed by atoms with Crippen molar-refractivity contribution in [3.8, 4) is 11.4 Å². The molecule has 2 aromatic carbocycles. The molecule has 3 aliphatic rings. The number of nitrogens with zero attached hydrogens (tertiary/aromatic N) is 3. The smallest absolute Gasteiger partial charge is 0.258 e. The fourth-order valence-electron chi connectivity index (χ4n) is 10.3. The van der Waals surface area contributed by atoms with Crippen molar-refractivity contribution < 1.29 is 82.9 Å². The molecule has 2 aromatic heterocycles. The number of carbonyl (C=O) groups is 8. The lowest BCUT2D eigenvalue weighted by atomic mass is 9.84. The minimum atomic E-state index is -1.92. The number of hydrogen-bond donors (Lipinski definition) is 10. The zero-order chi connectivity index (χ0) is 61.0. The van der Waals surface area contributed by atoms with E-state index in [4.69, 9.17) is 19.6 Å². The summed E-state index contributed by atoms with van der Waals surface area (Å²) in [7, 11) is 0. The highest BCUT2D eigenvalue weighted by atomic mass is 19.1. The second-order valence-electron chi connectivity index (χ2n) is 21.0. The molecule has 4 aromatic rings. The molecule has 0 spiro atoms. The van der Waals surface area contributed by atoms with E-state index in [1.54, 1.807) is 54.8 Å². The number of ketones is 2. The number of pyridine rings is 2. The monoisotopic (exact) mass is 1170 g/mol. The molecule has 0 saturated carbocycles. The van der Waals surface area contributed by atoms with Gasteiger partial charge in [0, 0.05) is 73.4 Å². The number of unbranched alkanes of at least 4 members (excludes halogenated alkanes) is 1. The van der Waals surface area contributed by atoms with Crippen LogP contribution in [0.3, 0.4) is 0 Å². The quantitative estimate of drug-likeness (QED) is 0.0160. The summed E-state index contributed by atoms with van der Waals surface area (Å²) >= 11 is 0. The zero-order valence-corrected chi connectivity index (χ0v) is 46.6. The Morgan fingerprint density at radius 1 is 0.857 bits per heavy atom. The molecule has 7 atom stereocenters. The van der Waals surface area contributed by atoms with Crippen LogP contribution in [0, 0.1) is 12.7 Å². The van der Waals surface area contributed by atoms with Crippen molar-refractivity contribution in [2.75, 3.05) is 33.0 Å². The summed E-state index contributed by atoms with van der Waals surface area (Å²) in [5.41, 5.74) is 3.00. The van der Waals surface area contributed by atoms with Gasteiger partial charge in [-0.3, -0.25) is 48.1 Å². The van der Waals surface area contributed by atoms with Gasteiger partial charge in [0.15, 0.2) is 5.78 Å². The van der Waals surface area contributed by atoms with Gasteiger partial charge in [0.25, 0.3) is 17.4 Å². The van der Waals surface area contributed by atoms with E-state index in [-0.39, 0.29) is 76.3 Å². The van der Waals surface area contributed by atoms with E-state index >= 15 is 4.39 Å². The van der Waals surface area contributed by atoms with E-state index in [9.17, 15) is 68.7 Å². The minimum absolute atomic E-state index is 0.0199. The molecule has 5 heterocycles. The van der Waals surface area contributed by atoms with Crippen molar-refractivity contribution in [1.29, 1.82) is 0 Å². The van der Waals surface area contributed by atoms with Crippen LogP contribution in [0.1, 0.15) is 98.1 Å². The molecule has 6 amide bonds. The summed E-state index contributed by atoms with van der Waals surface area (Å²) < 4.78 is 28.3. The number of hydrogen-bond acceptors (Lipinski definition) is 18. The fraction of sp³-hybridized carbons (Fsp3) is 0.458. The third kappa shape index (κ3) is 15.3. The van der Waals surface area contributed by atoms with Crippen LogP contribution in [-0.2, 0) is 79.4 Å². The van der Waals surface area contributed by atoms with Crippen molar-refractivity contribution in [3.63, 3.8) is 0 Å². The van der Waals surface area contributed by atoms with Crippen LogP contribution in [0.15, 0.2) is 77.8 Å². The van der Waals surface area contributed by atoms with E-state index < -0.39 is 127 Å². The Labute approximate surface area is 481 Å². The number of halogens is 1. The number of aliphatic hydroxyl groups is 6. The van der Waals surface area contributed by atoms with Crippen molar-refractivity contribution in [3.05, 3.63) is 123 Å². The summed E-state index contributed by atoms with van der Waals surface area (Å²) in [6.07, 6.45) is -6.09. The number of benzene rings is 2. The number of Topliss-reactive ketones (excluding diaryl/α,β-unsaturated/α-hetero) is 2. The number of nitrogens with one attached hydrogen (secondary N) is 4. The van der Waals surface area contributed by atoms with E-state index in [1.807, 2.05) is 6.07 Å². The Hall–Kier alpha value is -7.91. The van der Waals surface area contributed by atoms with E-state index in [0.717, 1.165) is 28.7 Å². The number of carbonyl (C=O) groups excluding carboxylic acids is 8. The summed E-state index contributed by atoms with van der Waals surface area (Å²) in [5.74, 6) is -6.16. The first-order valence-corrected chi connectivity index (χ1v) is 27.6. The normalized spacial score (nSPS) is 17.3. The van der Waals surface area contributed by atoms with E-state index in [1.165, 1.54) is 6.07 Å². The third-order valence-corrected chi connectivity index (χ3v) is 15.3. The molecule has 450 valence electrons. The highest BCUT2D eigenvalue weighted by Gasteiger charge is 2.42. The summed E-state index contributed by atoms with van der Waals surface area (Å²) in [6.45, 7) is 5.40. The highest BCUT2D eigenvalue weighted by molar-refractivity contribution is 6.14. The van der Waals surface area contributed by atoms with Crippen molar-refractivity contribution in [2.45, 2.75) is 140 Å². The summed E-state index contributed by atoms with van der Waals surface area (Å²) in [6, 6.07) is 11.0. The molecule has 24 nitrogen and oxygen atoms in total. The van der Waals surface area contributed by atoms with Crippen molar-refractivity contribution >= 4 is 57.9 Å². The maximum Gasteiger partial charge on any atom is 0.258 e. The number of rotatable bonds is 31. The fourth-order valence-corrected chi connectivity index (χ4v) is 10.3. The van der Waals surface area contributed by atoms with Crippen LogP contribution in [0.5, 0.6) is 0 Å². The third-order valence-electron chi connectivity index (χ3n) is 15.3. The summed E-state index contributed by atoms with van der Waals surface area (Å²) in [4.78, 5) is 123. The van der Waals surface area contributed by atoms with Crippen LogP contribution < -0.4 is 26.8 Å². The molecule has 0 saturated heterocycles. The van der Waals surface area contributed by atoms with Crippen LogP contribution in [0.25, 0.3) is 22.3 Å². The average molecular weight is 1170 g/mol. The lowest BCUT2D eigenvalue weighted by molar-refractivity contribution is -0.141. The topological polar surface area (TPSA) is 363 Å². The second-order valence-corrected chi connectivity index (χ2v) is 21.0. The van der Waals surface area contributed by atoms with Gasteiger partial charge < -0.3 is 65.9 Å². The van der Waals surface area contributed by atoms with Gasteiger partial charge in [-0.2, -0.15) is 0 Å². The lowest BCUT2D eigenvalue weighted by Crippen LogP contribution is -2.50. The van der Waals surface area contributed by atoms with Gasteiger partial charge in [0.1, 0.15) is 67.2 Å².